The van der Waals surface area contributed by atoms with Crippen LogP contribution in [0.2, 0.25) is 0 Å². The molecule has 25 heavy (non-hydrogen) atoms. The van der Waals surface area contributed by atoms with Crippen molar-refractivity contribution in [2.24, 2.45) is 5.92 Å². The highest BCUT2D eigenvalue weighted by Crippen LogP contribution is 2.35. The largest absolute Gasteiger partial charge is 0.329 e. The summed E-state index contributed by atoms with van der Waals surface area (Å²) in [5.74, 6) is 0.518. The minimum absolute atomic E-state index is 0.0503. The number of fused-ring (bicyclic) bond motifs is 2. The second-order valence-electron chi connectivity index (χ2n) is 8.01. The van der Waals surface area contributed by atoms with Crippen LogP contribution in [-0.4, -0.2) is 53.0 Å². The summed E-state index contributed by atoms with van der Waals surface area (Å²) in [4.78, 5) is 22.1. The average Bonchev–Trinajstić information content (AvgIpc) is 3.22. The molecule has 3 unspecified atom stereocenters. The van der Waals surface area contributed by atoms with E-state index in [1.165, 1.54) is 38.5 Å². The molecule has 2 amide bonds. The quantitative estimate of drug-likeness (QED) is 0.918. The van der Waals surface area contributed by atoms with E-state index in [0.29, 0.717) is 18.0 Å². The van der Waals surface area contributed by atoms with Gasteiger partial charge in [-0.3, -0.25) is 9.88 Å². The zero-order valence-electron chi connectivity index (χ0n) is 15.2. The van der Waals surface area contributed by atoms with Crippen LogP contribution in [0.4, 0.5) is 4.79 Å². The SMILES string of the molecule is CN1C2CCC1CN(C(=O)NC(c1ccccn1)C1CCCC1)CC2. The number of amides is 2. The molecule has 2 aliphatic heterocycles. The Morgan fingerprint density at radius 2 is 1.96 bits per heavy atom. The third-order valence-electron chi connectivity index (χ3n) is 6.59. The van der Waals surface area contributed by atoms with Crippen molar-refractivity contribution in [2.45, 2.75) is 63.1 Å². The highest BCUT2D eigenvalue weighted by Gasteiger charge is 2.37. The maximum absolute atomic E-state index is 13.0. The van der Waals surface area contributed by atoms with Crippen LogP contribution in [0.3, 0.4) is 0 Å². The van der Waals surface area contributed by atoms with E-state index in [1.54, 1.807) is 0 Å². The first-order valence-corrected chi connectivity index (χ1v) is 9.90. The zero-order chi connectivity index (χ0) is 17.2. The molecular formula is C20H30N4O. The van der Waals surface area contributed by atoms with Crippen molar-refractivity contribution in [3.63, 3.8) is 0 Å². The maximum atomic E-state index is 13.0. The molecular weight excluding hydrogens is 312 g/mol. The van der Waals surface area contributed by atoms with Crippen LogP contribution >= 0.6 is 0 Å². The number of aromatic nitrogens is 1. The summed E-state index contributed by atoms with van der Waals surface area (Å²) in [6.07, 6.45) is 10.3. The number of nitrogens with zero attached hydrogens (tertiary/aromatic N) is 3. The van der Waals surface area contributed by atoms with Gasteiger partial charge in [0.25, 0.3) is 0 Å². The molecule has 1 aromatic rings. The number of hydrogen-bond donors (Lipinski definition) is 1. The Labute approximate surface area is 150 Å². The van der Waals surface area contributed by atoms with Gasteiger partial charge >= 0.3 is 6.03 Å². The van der Waals surface area contributed by atoms with E-state index in [2.05, 4.69) is 28.3 Å². The molecule has 3 aliphatic rings. The molecule has 3 atom stereocenters. The van der Waals surface area contributed by atoms with E-state index in [9.17, 15) is 4.79 Å². The van der Waals surface area contributed by atoms with Gasteiger partial charge in [0.1, 0.15) is 0 Å². The summed E-state index contributed by atoms with van der Waals surface area (Å²) in [6, 6.07) is 7.36. The lowest BCUT2D eigenvalue weighted by atomic mass is 9.95. The summed E-state index contributed by atoms with van der Waals surface area (Å²) in [7, 11) is 2.22. The predicted octanol–water partition coefficient (Wildman–Crippen LogP) is 3.19. The van der Waals surface area contributed by atoms with Gasteiger partial charge in [0.2, 0.25) is 0 Å². The van der Waals surface area contributed by atoms with Gasteiger partial charge < -0.3 is 10.2 Å². The lowest BCUT2D eigenvalue weighted by Gasteiger charge is -2.30. The maximum Gasteiger partial charge on any atom is 0.317 e. The topological polar surface area (TPSA) is 48.5 Å². The van der Waals surface area contributed by atoms with Gasteiger partial charge in [0, 0.05) is 31.4 Å². The molecule has 4 rings (SSSR count). The Morgan fingerprint density at radius 1 is 1.16 bits per heavy atom. The van der Waals surface area contributed by atoms with E-state index in [4.69, 9.17) is 0 Å². The molecule has 2 bridgehead atoms. The normalized spacial score (nSPS) is 28.8. The monoisotopic (exact) mass is 342 g/mol. The van der Waals surface area contributed by atoms with Crippen LogP contribution in [0.5, 0.6) is 0 Å². The van der Waals surface area contributed by atoms with Gasteiger partial charge in [-0.05, 0) is 57.2 Å². The molecule has 1 aromatic heterocycles. The van der Waals surface area contributed by atoms with E-state index in [-0.39, 0.29) is 12.1 Å². The minimum atomic E-state index is 0.0503. The summed E-state index contributed by atoms with van der Waals surface area (Å²) in [5, 5.41) is 3.35. The Hall–Kier alpha value is -1.62. The summed E-state index contributed by atoms with van der Waals surface area (Å²) in [6.45, 7) is 1.73. The standard InChI is InChI=1S/C20H30N4O/c1-23-16-9-10-17(23)14-24(13-11-16)20(25)22-19(15-6-2-3-7-15)18-8-4-5-12-21-18/h4-5,8,12,15-17,19H,2-3,6-7,9-11,13-14H2,1H3,(H,22,25). The Bertz CT molecular complexity index is 587. The third-order valence-corrected chi connectivity index (χ3v) is 6.59. The number of nitrogens with one attached hydrogen (secondary N) is 1. The first kappa shape index (κ1) is 16.8. The number of urea groups is 1. The van der Waals surface area contributed by atoms with Crippen LogP contribution in [0.15, 0.2) is 24.4 Å². The molecule has 1 N–H and O–H groups in total. The highest BCUT2D eigenvalue weighted by atomic mass is 16.2. The van der Waals surface area contributed by atoms with Crippen LogP contribution in [0.1, 0.15) is 56.7 Å². The Kier molecular flexibility index (Phi) is 4.93. The van der Waals surface area contributed by atoms with Crippen LogP contribution < -0.4 is 5.32 Å². The lowest BCUT2D eigenvalue weighted by molar-refractivity contribution is 0.179. The van der Waals surface area contributed by atoms with Gasteiger partial charge in [-0.15, -0.1) is 0 Å². The molecule has 3 fully saturated rings. The fourth-order valence-electron chi connectivity index (χ4n) is 5.00. The minimum Gasteiger partial charge on any atom is -0.329 e. The molecule has 136 valence electrons. The third kappa shape index (κ3) is 3.52. The van der Waals surface area contributed by atoms with Gasteiger partial charge in [-0.1, -0.05) is 18.9 Å². The van der Waals surface area contributed by atoms with Crippen LogP contribution in [-0.2, 0) is 0 Å². The van der Waals surface area contributed by atoms with Crippen molar-refractivity contribution in [3.8, 4) is 0 Å². The number of carbonyl (C=O) groups excluding carboxylic acids is 1. The molecule has 5 heteroatoms. The molecule has 0 spiro atoms. The van der Waals surface area contributed by atoms with Gasteiger partial charge in [0.05, 0.1) is 11.7 Å². The molecule has 2 saturated heterocycles. The van der Waals surface area contributed by atoms with Gasteiger partial charge in [0.15, 0.2) is 0 Å². The van der Waals surface area contributed by atoms with Gasteiger partial charge in [-0.2, -0.15) is 0 Å². The van der Waals surface area contributed by atoms with Crippen molar-refractivity contribution in [1.82, 2.24) is 20.1 Å². The van der Waals surface area contributed by atoms with E-state index in [1.807, 2.05) is 23.2 Å². The van der Waals surface area contributed by atoms with Crippen molar-refractivity contribution in [2.75, 3.05) is 20.1 Å². The predicted molar refractivity (Wildman–Crippen MR) is 98.2 cm³/mol. The van der Waals surface area contributed by atoms with E-state index < -0.39 is 0 Å². The first-order chi connectivity index (χ1) is 12.2. The first-order valence-electron chi connectivity index (χ1n) is 9.90. The lowest BCUT2D eigenvalue weighted by Crippen LogP contribution is -2.47. The number of likely N-dealkylation sites (tertiary alicyclic amines) is 1. The van der Waals surface area contributed by atoms with E-state index in [0.717, 1.165) is 25.2 Å². The fourth-order valence-corrected chi connectivity index (χ4v) is 5.00. The van der Waals surface area contributed by atoms with Crippen molar-refractivity contribution in [3.05, 3.63) is 30.1 Å². The molecule has 5 nitrogen and oxygen atoms in total. The average molecular weight is 342 g/mol. The summed E-state index contributed by atoms with van der Waals surface area (Å²) < 4.78 is 0. The fraction of sp³-hybridized carbons (Fsp3) is 0.700. The number of carbonyl (C=O) groups is 1. The molecule has 3 heterocycles. The molecule has 1 saturated carbocycles. The Balaban J connectivity index is 1.47. The number of likely N-dealkylation sites (N-methyl/N-ethyl adjacent to an activating group) is 1. The summed E-state index contributed by atoms with van der Waals surface area (Å²) >= 11 is 0. The smallest absolute Gasteiger partial charge is 0.317 e. The number of hydrogen-bond acceptors (Lipinski definition) is 3. The number of rotatable bonds is 3. The van der Waals surface area contributed by atoms with Crippen molar-refractivity contribution < 1.29 is 4.79 Å². The van der Waals surface area contributed by atoms with Crippen molar-refractivity contribution >= 4 is 6.03 Å². The second kappa shape index (κ2) is 7.32. The number of pyridine rings is 1. The molecule has 0 radical (unpaired) electrons. The van der Waals surface area contributed by atoms with Gasteiger partial charge in [-0.25, -0.2) is 4.79 Å². The second-order valence-corrected chi connectivity index (χ2v) is 8.01. The van der Waals surface area contributed by atoms with Crippen LogP contribution in [0, 0.1) is 5.92 Å². The summed E-state index contributed by atoms with van der Waals surface area (Å²) in [5.41, 5.74) is 1.01. The molecule has 1 aliphatic carbocycles. The molecule has 0 aromatic carbocycles. The zero-order valence-corrected chi connectivity index (χ0v) is 15.2. The highest BCUT2D eigenvalue weighted by molar-refractivity contribution is 5.75. The van der Waals surface area contributed by atoms with Crippen molar-refractivity contribution in [1.29, 1.82) is 0 Å². The van der Waals surface area contributed by atoms with E-state index >= 15 is 0 Å². The van der Waals surface area contributed by atoms with Crippen LogP contribution in [0.25, 0.3) is 0 Å². The Morgan fingerprint density at radius 3 is 2.72 bits per heavy atom.